The van der Waals surface area contributed by atoms with Gasteiger partial charge in [-0.05, 0) is 89.9 Å². The predicted octanol–water partition coefficient (Wildman–Crippen LogP) is 9.99. The lowest BCUT2D eigenvalue weighted by Crippen LogP contribution is -2.64. The van der Waals surface area contributed by atoms with Crippen LogP contribution in [0.2, 0.25) is 0 Å². The molecule has 6 N–H and O–H groups in total. The predicted molar refractivity (Wildman–Crippen MR) is 271 cm³/mol. The number of aliphatic hydroxyl groups excluding tert-OH is 5. The molecule has 0 spiro atoms. The van der Waals surface area contributed by atoms with E-state index in [9.17, 15) is 44.6 Å². The number of carbonyl (C=O) groups excluding carboxylic acids is 2. The van der Waals surface area contributed by atoms with Crippen LogP contribution in [-0.2, 0) is 37.4 Å². The Morgan fingerprint density at radius 3 is 1.51 bits per heavy atom. The van der Waals surface area contributed by atoms with Crippen LogP contribution in [-0.4, -0.2) is 111 Å². The van der Waals surface area contributed by atoms with Gasteiger partial charge >= 0.3 is 19.8 Å². The van der Waals surface area contributed by atoms with Gasteiger partial charge in [-0.1, -0.05) is 156 Å². The number of carbonyl (C=O) groups is 2. The Labute approximate surface area is 413 Å². The summed E-state index contributed by atoms with van der Waals surface area (Å²) >= 11 is 0. The number of unbranched alkanes of at least 4 members (excludes halogenated alkanes) is 10. The average Bonchev–Trinajstić information content (AvgIpc) is 4.09. The summed E-state index contributed by atoms with van der Waals surface area (Å²) in [5, 5.41) is 50.3. The van der Waals surface area contributed by atoms with Gasteiger partial charge in [-0.15, -0.1) is 0 Å². The van der Waals surface area contributed by atoms with Gasteiger partial charge < -0.3 is 44.6 Å². The molecule has 1 saturated carbocycles. The number of hydrogen-bond donors (Lipinski definition) is 6. The van der Waals surface area contributed by atoms with Crippen molar-refractivity contribution in [3.05, 3.63) is 97.2 Å². The Morgan fingerprint density at radius 1 is 0.522 bits per heavy atom. The average molecular weight is 991 g/mol. The highest BCUT2D eigenvalue weighted by Crippen LogP contribution is 2.47. The molecule has 1 aliphatic carbocycles. The fourth-order valence-electron chi connectivity index (χ4n) is 7.36. The van der Waals surface area contributed by atoms with Crippen molar-refractivity contribution in [2.45, 2.75) is 216 Å². The Balaban J connectivity index is 1.70. The molecule has 5 unspecified atom stereocenters. The molecular formula is C54H87O14P. The highest BCUT2D eigenvalue weighted by molar-refractivity contribution is 7.47. The zero-order chi connectivity index (χ0) is 50.4. The fraction of sp³-hybridized carbons (Fsp3) is 0.667. The lowest BCUT2D eigenvalue weighted by molar-refractivity contribution is -0.220. The molecule has 0 amide bonds. The maximum absolute atomic E-state index is 12.9. The van der Waals surface area contributed by atoms with Gasteiger partial charge in [-0.2, -0.15) is 0 Å². The molecule has 0 aromatic carbocycles. The van der Waals surface area contributed by atoms with Crippen LogP contribution in [0.3, 0.4) is 0 Å². The second-order valence-electron chi connectivity index (χ2n) is 17.7. The van der Waals surface area contributed by atoms with E-state index in [2.05, 4.69) is 92.8 Å². The highest BCUT2D eigenvalue weighted by atomic mass is 31.2. The number of rotatable bonds is 40. The highest BCUT2D eigenvalue weighted by Gasteiger charge is 2.51. The number of hydrogen-bond acceptors (Lipinski definition) is 13. The molecule has 0 bridgehead atoms. The van der Waals surface area contributed by atoms with E-state index in [1.54, 1.807) is 0 Å². The van der Waals surface area contributed by atoms with Crippen LogP contribution in [0, 0.1) is 0 Å². The molecule has 0 radical (unpaired) electrons. The quantitative estimate of drug-likeness (QED) is 0.0111. The molecule has 0 aromatic rings. The van der Waals surface area contributed by atoms with Crippen molar-refractivity contribution in [2.75, 3.05) is 13.2 Å². The minimum atomic E-state index is -5.16. The van der Waals surface area contributed by atoms with E-state index in [1.165, 1.54) is 32.1 Å². The molecule has 0 aromatic heterocycles. The normalized spacial score (nSPS) is 24.6. The zero-order valence-electron chi connectivity index (χ0n) is 41.5. The van der Waals surface area contributed by atoms with Gasteiger partial charge in [0.25, 0.3) is 0 Å². The Morgan fingerprint density at radius 2 is 0.971 bits per heavy atom. The van der Waals surface area contributed by atoms with Crippen LogP contribution in [0.25, 0.3) is 0 Å². The van der Waals surface area contributed by atoms with Crippen LogP contribution < -0.4 is 0 Å². The van der Waals surface area contributed by atoms with E-state index < -0.39 is 75.7 Å². The van der Waals surface area contributed by atoms with Gasteiger partial charge in [0.15, 0.2) is 6.10 Å². The van der Waals surface area contributed by atoms with Crippen LogP contribution in [0.1, 0.15) is 162 Å². The second kappa shape index (κ2) is 39.4. The second-order valence-corrected chi connectivity index (χ2v) is 19.1. The van der Waals surface area contributed by atoms with Gasteiger partial charge in [0, 0.05) is 12.8 Å². The lowest BCUT2D eigenvalue weighted by Gasteiger charge is -2.41. The number of esters is 2. The van der Waals surface area contributed by atoms with Crippen molar-refractivity contribution in [3.8, 4) is 0 Å². The van der Waals surface area contributed by atoms with E-state index in [0.717, 1.165) is 83.5 Å². The minimum absolute atomic E-state index is 0.0404. The monoisotopic (exact) mass is 991 g/mol. The van der Waals surface area contributed by atoms with E-state index in [0.29, 0.717) is 31.5 Å². The molecule has 2 fully saturated rings. The van der Waals surface area contributed by atoms with Crippen LogP contribution >= 0.6 is 7.82 Å². The van der Waals surface area contributed by atoms with Crippen molar-refractivity contribution < 1.29 is 67.8 Å². The summed E-state index contributed by atoms with van der Waals surface area (Å²) in [4.78, 5) is 35.8. The topological polar surface area (TPSA) is 222 Å². The first-order valence-corrected chi connectivity index (χ1v) is 27.2. The number of phosphoric ester groups is 1. The SMILES string of the molecule is CC/C=C\CC1OC1C/C=C\C/C=C\C/C=C\C/C=C\CCC(=O)O[C@H](COC(=O)CCCCCCCC/C=C\C/C=C\C/C=C\CCCCCC)COP(=O)(O)OC1[C@H](O)[C@H](O)C(O)[C@H](O)[C@H]1O. The first-order valence-electron chi connectivity index (χ1n) is 25.7. The lowest BCUT2D eigenvalue weighted by atomic mass is 9.85. The summed E-state index contributed by atoms with van der Waals surface area (Å²) in [6.07, 6.45) is 42.1. The third-order valence-corrected chi connectivity index (χ3v) is 12.6. The van der Waals surface area contributed by atoms with E-state index >= 15 is 0 Å². The Hall–Kier alpha value is -3.27. The number of epoxide rings is 1. The summed E-state index contributed by atoms with van der Waals surface area (Å²) in [6.45, 7) is 3.09. The van der Waals surface area contributed by atoms with Crippen LogP contribution in [0.15, 0.2) is 97.2 Å². The summed E-state index contributed by atoms with van der Waals surface area (Å²) in [6, 6.07) is 0. The van der Waals surface area contributed by atoms with Gasteiger partial charge in [0.05, 0.1) is 18.8 Å². The number of allylic oxidation sites excluding steroid dienone is 14. The summed E-state index contributed by atoms with van der Waals surface area (Å²) in [5.74, 6) is -1.22. The van der Waals surface area contributed by atoms with Gasteiger partial charge in [0.1, 0.15) is 43.2 Å². The van der Waals surface area contributed by atoms with Crippen molar-refractivity contribution in [1.29, 1.82) is 0 Å². The summed E-state index contributed by atoms with van der Waals surface area (Å²) in [7, 11) is -5.16. The number of ether oxygens (including phenoxy) is 3. The molecule has 1 heterocycles. The standard InChI is InChI=1S/C54H87O14P/c1-3-5-7-8-9-10-11-12-13-14-15-16-17-18-19-23-26-29-32-36-40-47(55)64-42-44(43-65-69(62,63)68-54-52(60)50(58)49(57)51(59)53(54)61)66-48(56)41-37-33-30-27-24-21-20-22-25-28-31-35-39-46-45(67-46)38-34-6-4-2/h6,10-11,13-14,16-17,21-22,24-25,30-31,33-35,44-46,49-54,57-61H,3-5,7-9,12,15,18-20,23,26-29,32,36-43H2,1-2H3,(H,62,63)/b11-10-,14-13-,17-16-,24-21-,25-22-,33-30-,34-6-,35-31-/t44-,45?,46?,49?,50-,51+,52-,53-,54?/m1/s1. The molecule has 2 aliphatic rings. The molecule has 10 atom stereocenters. The van der Waals surface area contributed by atoms with Crippen molar-refractivity contribution >= 4 is 19.8 Å². The van der Waals surface area contributed by atoms with Gasteiger partial charge in [0.2, 0.25) is 0 Å². The molecule has 14 nitrogen and oxygen atoms in total. The van der Waals surface area contributed by atoms with Crippen LogP contribution in [0.5, 0.6) is 0 Å². The molecule has 2 rings (SSSR count). The molecule has 1 aliphatic heterocycles. The molecule has 15 heteroatoms. The van der Waals surface area contributed by atoms with Gasteiger partial charge in [-0.3, -0.25) is 18.6 Å². The minimum Gasteiger partial charge on any atom is -0.462 e. The first-order chi connectivity index (χ1) is 33.4. The summed E-state index contributed by atoms with van der Waals surface area (Å²) in [5.41, 5.74) is 0. The van der Waals surface area contributed by atoms with E-state index in [4.69, 9.17) is 23.3 Å². The molecular weight excluding hydrogens is 904 g/mol. The van der Waals surface area contributed by atoms with Crippen molar-refractivity contribution in [2.24, 2.45) is 0 Å². The Kier molecular flexibility index (Phi) is 35.3. The largest absolute Gasteiger partial charge is 0.472 e. The third-order valence-electron chi connectivity index (χ3n) is 11.6. The zero-order valence-corrected chi connectivity index (χ0v) is 42.4. The van der Waals surface area contributed by atoms with Crippen molar-refractivity contribution in [3.63, 3.8) is 0 Å². The molecule has 69 heavy (non-hydrogen) atoms. The first kappa shape index (κ1) is 61.8. The van der Waals surface area contributed by atoms with Crippen LogP contribution in [0.4, 0.5) is 0 Å². The smallest absolute Gasteiger partial charge is 0.462 e. The van der Waals surface area contributed by atoms with E-state index in [1.807, 2.05) is 18.2 Å². The third kappa shape index (κ3) is 30.9. The molecule has 1 saturated heterocycles. The van der Waals surface area contributed by atoms with E-state index in [-0.39, 0.29) is 12.8 Å². The Bertz CT molecular complexity index is 1640. The number of phosphoric acid groups is 1. The molecule has 392 valence electrons. The number of aliphatic hydroxyl groups is 5. The summed E-state index contributed by atoms with van der Waals surface area (Å²) < 4.78 is 39.2. The van der Waals surface area contributed by atoms with Crippen molar-refractivity contribution in [1.82, 2.24) is 0 Å². The van der Waals surface area contributed by atoms with Gasteiger partial charge in [-0.25, -0.2) is 4.57 Å². The fourth-order valence-corrected chi connectivity index (χ4v) is 8.33. The maximum Gasteiger partial charge on any atom is 0.472 e. The maximum atomic E-state index is 12.9.